The van der Waals surface area contributed by atoms with E-state index in [1.165, 1.54) is 12.2 Å². The van der Waals surface area contributed by atoms with Crippen LogP contribution in [0.3, 0.4) is 0 Å². The largest absolute Gasteiger partial charge is 0.368 e. The van der Waals surface area contributed by atoms with E-state index in [1.807, 2.05) is 30.3 Å². The predicted molar refractivity (Wildman–Crippen MR) is 66.9 cm³/mol. The summed E-state index contributed by atoms with van der Waals surface area (Å²) in [7, 11) is 0. The molecular weight excluding hydrogens is 261 g/mol. The molecule has 0 radical (unpaired) electrons. The third kappa shape index (κ3) is 2.75. The van der Waals surface area contributed by atoms with Crippen molar-refractivity contribution >= 4 is 34.9 Å². The molecule has 0 aromatic heterocycles. The minimum atomic E-state index is -0.519. The van der Waals surface area contributed by atoms with Gasteiger partial charge < -0.3 is 4.84 Å². The molecule has 1 aliphatic heterocycles. The van der Waals surface area contributed by atoms with Gasteiger partial charge in [-0.2, -0.15) is 0 Å². The maximum Gasteiger partial charge on any atom is 0.368 e. The summed E-state index contributed by atoms with van der Waals surface area (Å²) >= 11 is 11.0. The Kier molecular flexibility index (Phi) is 3.61. The Morgan fingerprint density at radius 2 is 1.94 bits per heavy atom. The quantitative estimate of drug-likeness (QED) is 0.610. The molecule has 1 aromatic rings. The van der Waals surface area contributed by atoms with E-state index in [-0.39, 0.29) is 4.49 Å². The van der Waals surface area contributed by atoms with Crippen molar-refractivity contribution in [1.82, 2.24) is 0 Å². The predicted octanol–water partition coefficient (Wildman–Crippen LogP) is 3.19. The number of oxime groups is 1. The van der Waals surface area contributed by atoms with Crippen molar-refractivity contribution in [3.8, 4) is 0 Å². The molecule has 0 fully saturated rings. The lowest BCUT2D eigenvalue weighted by Crippen LogP contribution is -2.06. The van der Waals surface area contributed by atoms with Gasteiger partial charge in [0, 0.05) is 5.56 Å². The Hall–Kier alpha value is -1.58. The fourth-order valence-corrected chi connectivity index (χ4v) is 1.51. The number of halogens is 2. The summed E-state index contributed by atoms with van der Waals surface area (Å²) < 4.78 is 0.0598. The molecule has 0 N–H and O–H groups in total. The zero-order valence-electron chi connectivity index (χ0n) is 8.56. The molecule has 2 rings (SSSR count). The minimum Gasteiger partial charge on any atom is -0.312 e. The van der Waals surface area contributed by atoms with Crippen LogP contribution in [0.1, 0.15) is 5.56 Å². The van der Waals surface area contributed by atoms with Crippen LogP contribution >= 0.6 is 23.2 Å². The summed E-state index contributed by atoms with van der Waals surface area (Å²) in [6.07, 6.45) is 2.89. The van der Waals surface area contributed by atoms with Gasteiger partial charge in [-0.15, -0.1) is 0 Å². The van der Waals surface area contributed by atoms with E-state index in [1.54, 1.807) is 0 Å². The molecular formula is C12H7Cl2NO2. The van der Waals surface area contributed by atoms with Crippen molar-refractivity contribution in [2.24, 2.45) is 5.16 Å². The number of hydrogen-bond acceptors (Lipinski definition) is 3. The molecule has 0 saturated carbocycles. The highest BCUT2D eigenvalue weighted by atomic mass is 35.5. The summed E-state index contributed by atoms with van der Waals surface area (Å²) in [5, 5.41) is 3.73. The lowest BCUT2D eigenvalue weighted by molar-refractivity contribution is -0.136. The highest BCUT2D eigenvalue weighted by Gasteiger charge is 2.25. The Bertz CT molecular complexity index is 529. The molecule has 0 unspecified atom stereocenters. The number of hydrogen-bond donors (Lipinski definition) is 0. The molecule has 0 amide bonds. The normalized spacial score (nSPS) is 16.7. The summed E-state index contributed by atoms with van der Waals surface area (Å²) in [5.41, 5.74) is 1.60. The molecule has 0 spiro atoms. The number of carbonyl (C=O) groups excluding carboxylic acids is 1. The van der Waals surface area contributed by atoms with Crippen molar-refractivity contribution in [3.63, 3.8) is 0 Å². The van der Waals surface area contributed by atoms with Gasteiger partial charge in [0.1, 0.15) is 10.2 Å². The Morgan fingerprint density at radius 1 is 1.24 bits per heavy atom. The van der Waals surface area contributed by atoms with Crippen LogP contribution in [0.4, 0.5) is 0 Å². The first-order valence-corrected chi connectivity index (χ1v) is 5.52. The van der Waals surface area contributed by atoms with Crippen LogP contribution in [0.25, 0.3) is 0 Å². The van der Waals surface area contributed by atoms with E-state index in [0.29, 0.717) is 11.3 Å². The second kappa shape index (κ2) is 5.17. The molecule has 1 aromatic carbocycles. The van der Waals surface area contributed by atoms with Gasteiger partial charge in [0.15, 0.2) is 0 Å². The SMILES string of the molecule is O=C1ON=C(c2ccccc2)C1=CC=C(Cl)Cl. The third-order valence-corrected chi connectivity index (χ3v) is 2.37. The maximum atomic E-state index is 11.5. The lowest BCUT2D eigenvalue weighted by atomic mass is 10.0. The lowest BCUT2D eigenvalue weighted by Gasteiger charge is -1.97. The van der Waals surface area contributed by atoms with E-state index < -0.39 is 5.97 Å². The van der Waals surface area contributed by atoms with Crippen molar-refractivity contribution in [2.75, 3.05) is 0 Å². The standard InChI is InChI=1S/C12H7Cl2NO2/c13-10(14)7-6-9-11(15-17-12(9)16)8-4-2-1-3-5-8/h1-7H. The molecule has 0 atom stereocenters. The molecule has 1 aliphatic rings. The number of allylic oxidation sites excluding steroid dienone is 2. The van der Waals surface area contributed by atoms with Crippen molar-refractivity contribution in [2.45, 2.75) is 0 Å². The van der Waals surface area contributed by atoms with Gasteiger partial charge in [-0.05, 0) is 12.2 Å². The molecule has 86 valence electrons. The number of rotatable bonds is 2. The first kappa shape index (κ1) is 11.9. The summed E-state index contributed by atoms with van der Waals surface area (Å²) in [4.78, 5) is 16.1. The molecule has 1 heterocycles. The Morgan fingerprint density at radius 3 is 2.59 bits per heavy atom. The first-order valence-electron chi connectivity index (χ1n) is 4.76. The van der Waals surface area contributed by atoms with Gasteiger partial charge in [-0.25, -0.2) is 4.79 Å². The molecule has 3 nitrogen and oxygen atoms in total. The smallest absolute Gasteiger partial charge is 0.312 e. The molecule has 17 heavy (non-hydrogen) atoms. The van der Waals surface area contributed by atoms with Gasteiger partial charge >= 0.3 is 5.97 Å². The topological polar surface area (TPSA) is 38.7 Å². The minimum absolute atomic E-state index is 0.0598. The van der Waals surface area contributed by atoms with E-state index >= 15 is 0 Å². The third-order valence-electron chi connectivity index (χ3n) is 2.12. The van der Waals surface area contributed by atoms with Crippen molar-refractivity contribution in [3.05, 3.63) is 58.1 Å². The Labute approximate surface area is 108 Å². The van der Waals surface area contributed by atoms with E-state index in [9.17, 15) is 4.79 Å². The Balaban J connectivity index is 2.38. The highest BCUT2D eigenvalue weighted by Crippen LogP contribution is 2.18. The van der Waals surface area contributed by atoms with Crippen LogP contribution in [0.15, 0.2) is 57.7 Å². The van der Waals surface area contributed by atoms with Gasteiger partial charge in [0.05, 0.1) is 5.57 Å². The van der Waals surface area contributed by atoms with E-state index in [2.05, 4.69) is 9.99 Å². The molecule has 0 aliphatic carbocycles. The van der Waals surface area contributed by atoms with Crippen LogP contribution in [0.2, 0.25) is 0 Å². The number of nitrogens with zero attached hydrogens (tertiary/aromatic N) is 1. The first-order chi connectivity index (χ1) is 8.18. The summed E-state index contributed by atoms with van der Waals surface area (Å²) in [6, 6.07) is 9.24. The zero-order chi connectivity index (χ0) is 12.3. The van der Waals surface area contributed by atoms with Crippen LogP contribution in [-0.2, 0) is 9.63 Å². The fraction of sp³-hybridized carbons (Fsp3) is 0. The van der Waals surface area contributed by atoms with Crippen LogP contribution in [0, 0.1) is 0 Å². The molecule has 5 heteroatoms. The number of benzene rings is 1. The van der Waals surface area contributed by atoms with Gasteiger partial charge in [-0.3, -0.25) is 0 Å². The van der Waals surface area contributed by atoms with Crippen molar-refractivity contribution in [1.29, 1.82) is 0 Å². The van der Waals surface area contributed by atoms with Crippen LogP contribution in [0.5, 0.6) is 0 Å². The summed E-state index contributed by atoms with van der Waals surface area (Å²) in [6.45, 7) is 0. The van der Waals surface area contributed by atoms with Gasteiger partial charge in [-0.1, -0.05) is 58.7 Å². The monoisotopic (exact) mass is 267 g/mol. The zero-order valence-corrected chi connectivity index (χ0v) is 10.1. The average Bonchev–Trinajstić information content (AvgIpc) is 2.69. The fourth-order valence-electron chi connectivity index (χ4n) is 1.38. The van der Waals surface area contributed by atoms with Gasteiger partial charge in [0.2, 0.25) is 0 Å². The second-order valence-electron chi connectivity index (χ2n) is 3.22. The van der Waals surface area contributed by atoms with Crippen LogP contribution < -0.4 is 0 Å². The van der Waals surface area contributed by atoms with Gasteiger partial charge in [0.25, 0.3) is 0 Å². The second-order valence-corrected chi connectivity index (χ2v) is 4.23. The molecule has 0 saturated heterocycles. The summed E-state index contributed by atoms with van der Waals surface area (Å²) in [5.74, 6) is -0.519. The maximum absolute atomic E-state index is 11.5. The highest BCUT2D eigenvalue weighted by molar-refractivity contribution is 6.56. The molecule has 0 bridgehead atoms. The van der Waals surface area contributed by atoms with E-state index in [0.717, 1.165) is 5.56 Å². The van der Waals surface area contributed by atoms with Crippen LogP contribution in [-0.4, -0.2) is 11.7 Å². The average molecular weight is 268 g/mol. The van der Waals surface area contributed by atoms with Crippen molar-refractivity contribution < 1.29 is 9.63 Å². The van der Waals surface area contributed by atoms with E-state index in [4.69, 9.17) is 23.2 Å². The number of carbonyl (C=O) groups is 1.